The molecule has 0 bridgehead atoms. The molecule has 1 saturated heterocycles. The number of hydrogen-bond donors (Lipinski definition) is 3. The molecule has 2 aromatic rings. The zero-order chi connectivity index (χ0) is 22.1. The minimum Gasteiger partial charge on any atom is -0.506 e. The van der Waals surface area contributed by atoms with Crippen LogP contribution in [0.25, 0.3) is 11.4 Å². The van der Waals surface area contributed by atoms with Crippen LogP contribution in [0.1, 0.15) is 29.5 Å². The lowest BCUT2D eigenvalue weighted by Gasteiger charge is -2.32. The van der Waals surface area contributed by atoms with Gasteiger partial charge in [-0.1, -0.05) is 0 Å². The summed E-state index contributed by atoms with van der Waals surface area (Å²) in [6.07, 6.45) is -2.27. The van der Waals surface area contributed by atoms with E-state index in [9.17, 15) is 23.1 Å². The Bertz CT molecular complexity index is 952. The van der Waals surface area contributed by atoms with Gasteiger partial charge in [0.2, 0.25) is 0 Å². The molecule has 162 valence electrons. The van der Waals surface area contributed by atoms with Gasteiger partial charge in [0.1, 0.15) is 17.1 Å². The zero-order valence-corrected chi connectivity index (χ0v) is 16.5. The van der Waals surface area contributed by atoms with Crippen LogP contribution < -0.4 is 5.32 Å². The number of aromatic nitrogens is 3. The van der Waals surface area contributed by atoms with Crippen molar-refractivity contribution in [2.75, 3.05) is 25.0 Å². The highest BCUT2D eigenvalue weighted by atomic mass is 19.4. The van der Waals surface area contributed by atoms with E-state index < -0.39 is 23.5 Å². The van der Waals surface area contributed by atoms with Crippen molar-refractivity contribution in [3.63, 3.8) is 0 Å². The second kappa shape index (κ2) is 8.42. The van der Waals surface area contributed by atoms with E-state index in [0.29, 0.717) is 36.7 Å². The Morgan fingerprint density at radius 3 is 2.63 bits per heavy atom. The van der Waals surface area contributed by atoms with Gasteiger partial charge in [-0.05, 0) is 50.4 Å². The fraction of sp³-hybridized carbons (Fsp3) is 0.474. The van der Waals surface area contributed by atoms with Gasteiger partial charge >= 0.3 is 12.1 Å². The zero-order valence-electron chi connectivity index (χ0n) is 16.5. The normalized spacial score (nSPS) is 17.7. The summed E-state index contributed by atoms with van der Waals surface area (Å²) in [6.45, 7) is 4.75. The third kappa shape index (κ3) is 4.78. The Morgan fingerprint density at radius 2 is 2.00 bits per heavy atom. The summed E-state index contributed by atoms with van der Waals surface area (Å²) < 4.78 is 38.4. The van der Waals surface area contributed by atoms with Crippen molar-refractivity contribution in [1.82, 2.24) is 20.1 Å². The van der Waals surface area contributed by atoms with Crippen LogP contribution in [0.2, 0.25) is 0 Å². The number of aliphatic carboxylic acids is 1. The number of rotatable bonds is 5. The van der Waals surface area contributed by atoms with Crippen LogP contribution >= 0.6 is 0 Å². The van der Waals surface area contributed by atoms with Crippen molar-refractivity contribution in [3.8, 4) is 17.1 Å². The first-order valence-corrected chi connectivity index (χ1v) is 9.37. The average molecular weight is 425 g/mol. The molecular weight excluding hydrogens is 403 g/mol. The number of halogens is 3. The fourth-order valence-corrected chi connectivity index (χ4v) is 3.46. The number of carboxylic acid groups (broad SMARTS) is 1. The van der Waals surface area contributed by atoms with E-state index >= 15 is 0 Å². The molecule has 3 N–H and O–H groups in total. The molecule has 2 aromatic heterocycles. The molecule has 11 heteroatoms. The second-order valence-electron chi connectivity index (χ2n) is 7.35. The molecular formula is C19H22F3N5O3. The third-order valence-corrected chi connectivity index (χ3v) is 5.15. The Hall–Kier alpha value is -2.95. The van der Waals surface area contributed by atoms with E-state index in [1.165, 1.54) is 0 Å². The number of anilines is 1. The van der Waals surface area contributed by atoms with E-state index in [4.69, 9.17) is 5.11 Å². The largest absolute Gasteiger partial charge is 0.506 e. The van der Waals surface area contributed by atoms with Crippen LogP contribution in [0.3, 0.4) is 0 Å². The van der Waals surface area contributed by atoms with Crippen LogP contribution in [0.5, 0.6) is 5.75 Å². The van der Waals surface area contributed by atoms with Crippen molar-refractivity contribution in [2.24, 2.45) is 0 Å². The maximum absolute atomic E-state index is 12.8. The summed E-state index contributed by atoms with van der Waals surface area (Å²) in [5, 5.41) is 30.5. The predicted octanol–water partition coefficient (Wildman–Crippen LogP) is 2.84. The predicted molar refractivity (Wildman–Crippen MR) is 102 cm³/mol. The number of pyridine rings is 1. The SMILES string of the molecule is Cc1c(NC2CCCN(CC(=O)O)C2)nnc(-c2ncc(C(F)(F)F)cc2O)c1C. The fourth-order valence-electron chi connectivity index (χ4n) is 3.46. The Morgan fingerprint density at radius 1 is 1.27 bits per heavy atom. The Kier molecular flexibility index (Phi) is 6.11. The van der Waals surface area contributed by atoms with E-state index in [1.807, 2.05) is 4.90 Å². The Labute approximate surface area is 170 Å². The molecule has 0 aromatic carbocycles. The van der Waals surface area contributed by atoms with Crippen molar-refractivity contribution < 1.29 is 28.2 Å². The molecule has 1 aliphatic heterocycles. The van der Waals surface area contributed by atoms with Crippen LogP contribution in [-0.4, -0.2) is 61.9 Å². The van der Waals surface area contributed by atoms with Crippen molar-refractivity contribution >= 4 is 11.8 Å². The minimum atomic E-state index is -4.61. The van der Waals surface area contributed by atoms with E-state index in [1.54, 1.807) is 13.8 Å². The number of aromatic hydroxyl groups is 1. The first kappa shape index (κ1) is 21.8. The van der Waals surface area contributed by atoms with E-state index in [2.05, 4.69) is 20.5 Å². The summed E-state index contributed by atoms with van der Waals surface area (Å²) in [4.78, 5) is 16.5. The quantitative estimate of drug-likeness (QED) is 0.671. The van der Waals surface area contributed by atoms with Gasteiger partial charge in [0, 0.05) is 18.8 Å². The molecule has 3 rings (SSSR count). The molecule has 1 unspecified atom stereocenters. The standard InChI is InChI=1S/C19H22F3N5O3/c1-10-11(2)18(24-13-4-3-5-27(8-13)9-15(29)30)26-25-16(10)17-14(28)6-12(7-23-17)19(20,21)22/h6-7,13,28H,3-5,8-9H2,1-2H3,(H,24,26)(H,29,30). The summed E-state index contributed by atoms with van der Waals surface area (Å²) in [5.74, 6) is -1.00. The minimum absolute atomic E-state index is 0.00560. The molecule has 0 amide bonds. The molecule has 1 atom stereocenters. The lowest BCUT2D eigenvalue weighted by Crippen LogP contribution is -2.44. The number of carbonyl (C=O) groups is 1. The number of nitrogens with zero attached hydrogens (tertiary/aromatic N) is 4. The van der Waals surface area contributed by atoms with Gasteiger partial charge in [0.25, 0.3) is 0 Å². The molecule has 0 spiro atoms. The van der Waals surface area contributed by atoms with E-state index in [0.717, 1.165) is 18.4 Å². The summed E-state index contributed by atoms with van der Waals surface area (Å²) in [7, 11) is 0. The number of likely N-dealkylation sites (tertiary alicyclic amines) is 1. The molecule has 3 heterocycles. The maximum atomic E-state index is 12.8. The highest BCUT2D eigenvalue weighted by Crippen LogP contribution is 2.36. The van der Waals surface area contributed by atoms with Gasteiger partial charge in [0.15, 0.2) is 5.82 Å². The summed E-state index contributed by atoms with van der Waals surface area (Å²) in [6, 6.07) is 0.609. The molecule has 0 aliphatic carbocycles. The van der Waals surface area contributed by atoms with Gasteiger partial charge in [-0.3, -0.25) is 9.69 Å². The number of hydrogen-bond acceptors (Lipinski definition) is 7. The smallest absolute Gasteiger partial charge is 0.418 e. The highest BCUT2D eigenvalue weighted by Gasteiger charge is 2.32. The summed E-state index contributed by atoms with van der Waals surface area (Å²) in [5.41, 5.74) is 0.408. The first-order chi connectivity index (χ1) is 14.1. The number of carboxylic acids is 1. The second-order valence-corrected chi connectivity index (χ2v) is 7.35. The van der Waals surface area contributed by atoms with Crippen molar-refractivity contribution in [1.29, 1.82) is 0 Å². The molecule has 30 heavy (non-hydrogen) atoms. The molecule has 0 saturated carbocycles. The van der Waals surface area contributed by atoms with Crippen molar-refractivity contribution in [2.45, 2.75) is 38.9 Å². The number of nitrogens with one attached hydrogen (secondary N) is 1. The van der Waals surface area contributed by atoms with E-state index in [-0.39, 0.29) is 24.0 Å². The molecule has 8 nitrogen and oxygen atoms in total. The van der Waals surface area contributed by atoms with Gasteiger partial charge in [-0.25, -0.2) is 4.98 Å². The first-order valence-electron chi connectivity index (χ1n) is 9.37. The number of alkyl halides is 3. The average Bonchev–Trinajstić information content (AvgIpc) is 2.65. The summed E-state index contributed by atoms with van der Waals surface area (Å²) >= 11 is 0. The maximum Gasteiger partial charge on any atom is 0.418 e. The third-order valence-electron chi connectivity index (χ3n) is 5.15. The molecule has 0 radical (unpaired) electrons. The monoisotopic (exact) mass is 425 g/mol. The van der Waals surface area contributed by atoms with Gasteiger partial charge in [0.05, 0.1) is 12.1 Å². The highest BCUT2D eigenvalue weighted by molar-refractivity contribution is 5.69. The van der Waals surface area contributed by atoms with Crippen LogP contribution in [0.4, 0.5) is 19.0 Å². The Balaban J connectivity index is 1.82. The molecule has 1 aliphatic rings. The lowest BCUT2D eigenvalue weighted by molar-refractivity contribution is -0.139. The van der Waals surface area contributed by atoms with Crippen LogP contribution in [0.15, 0.2) is 12.3 Å². The van der Waals surface area contributed by atoms with Crippen molar-refractivity contribution in [3.05, 3.63) is 29.0 Å². The van der Waals surface area contributed by atoms with Crippen LogP contribution in [0, 0.1) is 13.8 Å². The molecule has 1 fully saturated rings. The van der Waals surface area contributed by atoms with Gasteiger partial charge in [-0.2, -0.15) is 13.2 Å². The van der Waals surface area contributed by atoms with Crippen LogP contribution in [-0.2, 0) is 11.0 Å². The van der Waals surface area contributed by atoms with Gasteiger partial charge in [-0.15, -0.1) is 10.2 Å². The number of piperidine rings is 1. The van der Waals surface area contributed by atoms with Gasteiger partial charge < -0.3 is 15.5 Å². The lowest BCUT2D eigenvalue weighted by atomic mass is 10.0. The topological polar surface area (TPSA) is 111 Å².